The third-order valence-corrected chi connectivity index (χ3v) is 4.20. The molecule has 21 heavy (non-hydrogen) atoms. The van der Waals surface area contributed by atoms with Crippen LogP contribution in [0.1, 0.15) is 23.2 Å². The zero-order valence-corrected chi connectivity index (χ0v) is 13.3. The number of likely N-dealkylation sites (tertiary alicyclic amines) is 1. The summed E-state index contributed by atoms with van der Waals surface area (Å²) >= 11 is 3.36. The van der Waals surface area contributed by atoms with Crippen LogP contribution in [0.4, 0.5) is 0 Å². The normalized spacial score (nSPS) is 16.9. The first-order valence-electron chi connectivity index (χ1n) is 6.67. The molecule has 0 saturated carbocycles. The van der Waals surface area contributed by atoms with Crippen molar-refractivity contribution >= 4 is 27.7 Å². The number of rotatable bonds is 3. The number of nitrogens with zero attached hydrogens (tertiary/aromatic N) is 2. The first kappa shape index (κ1) is 15.6. The largest absolute Gasteiger partial charge is 0.496 e. The van der Waals surface area contributed by atoms with E-state index in [1.165, 1.54) is 0 Å². The Morgan fingerprint density at radius 2 is 2.14 bits per heavy atom. The molecule has 0 spiro atoms. The number of methoxy groups -OCH3 is 1. The molecule has 1 aliphatic rings. The summed E-state index contributed by atoms with van der Waals surface area (Å²) < 4.78 is 6.13. The lowest BCUT2D eigenvalue weighted by Gasteiger charge is -2.31. The van der Waals surface area contributed by atoms with Gasteiger partial charge in [0.2, 0.25) is 0 Å². The Morgan fingerprint density at radius 1 is 1.48 bits per heavy atom. The molecule has 0 aliphatic carbocycles. The molecule has 0 bridgehead atoms. The number of amides is 1. The molecule has 1 aromatic carbocycles. The van der Waals surface area contributed by atoms with Crippen molar-refractivity contribution in [3.05, 3.63) is 28.2 Å². The molecule has 0 aromatic heterocycles. The SMILES string of the molecule is COc1cc(Br)ccc1C(=O)N1CCC(/C(N)=N/O)CC1. The van der Waals surface area contributed by atoms with Crippen LogP contribution in [0.25, 0.3) is 0 Å². The highest BCUT2D eigenvalue weighted by Gasteiger charge is 2.27. The maximum Gasteiger partial charge on any atom is 0.257 e. The van der Waals surface area contributed by atoms with Crippen molar-refractivity contribution in [3.8, 4) is 5.75 Å². The predicted molar refractivity (Wildman–Crippen MR) is 82.7 cm³/mol. The van der Waals surface area contributed by atoms with Gasteiger partial charge in [-0.3, -0.25) is 4.79 Å². The molecule has 1 heterocycles. The molecule has 1 aliphatic heterocycles. The van der Waals surface area contributed by atoms with Gasteiger partial charge in [-0.1, -0.05) is 21.1 Å². The van der Waals surface area contributed by atoms with Crippen molar-refractivity contribution in [2.75, 3.05) is 20.2 Å². The van der Waals surface area contributed by atoms with Crippen molar-refractivity contribution in [1.29, 1.82) is 0 Å². The zero-order chi connectivity index (χ0) is 15.4. The van der Waals surface area contributed by atoms with Gasteiger partial charge < -0.3 is 20.6 Å². The Balaban J connectivity index is 2.09. The molecule has 0 radical (unpaired) electrons. The highest BCUT2D eigenvalue weighted by molar-refractivity contribution is 9.10. The summed E-state index contributed by atoms with van der Waals surface area (Å²) in [5.74, 6) is 0.763. The lowest BCUT2D eigenvalue weighted by molar-refractivity contribution is 0.0705. The molecule has 2 rings (SSSR count). The maximum atomic E-state index is 12.6. The monoisotopic (exact) mass is 355 g/mol. The average molecular weight is 356 g/mol. The smallest absolute Gasteiger partial charge is 0.257 e. The van der Waals surface area contributed by atoms with Crippen LogP contribution in [-0.2, 0) is 0 Å². The number of carbonyl (C=O) groups is 1. The van der Waals surface area contributed by atoms with Crippen LogP contribution in [0.5, 0.6) is 5.75 Å². The molecular formula is C14H18BrN3O3. The Bertz CT molecular complexity index is 554. The number of benzene rings is 1. The number of hydrogen-bond acceptors (Lipinski definition) is 4. The molecule has 0 unspecified atom stereocenters. The second kappa shape index (κ2) is 6.80. The first-order valence-corrected chi connectivity index (χ1v) is 7.46. The van der Waals surface area contributed by atoms with Gasteiger partial charge in [0, 0.05) is 23.5 Å². The summed E-state index contributed by atoms with van der Waals surface area (Å²) in [6.45, 7) is 1.16. The van der Waals surface area contributed by atoms with Gasteiger partial charge in [-0.05, 0) is 31.0 Å². The minimum atomic E-state index is -0.0580. The van der Waals surface area contributed by atoms with Crippen molar-refractivity contribution in [2.24, 2.45) is 16.8 Å². The third kappa shape index (κ3) is 3.47. The number of oxime groups is 1. The quantitative estimate of drug-likeness (QED) is 0.376. The summed E-state index contributed by atoms with van der Waals surface area (Å²) in [6.07, 6.45) is 1.39. The highest BCUT2D eigenvalue weighted by Crippen LogP contribution is 2.26. The van der Waals surface area contributed by atoms with Crippen LogP contribution in [-0.4, -0.2) is 42.0 Å². The number of hydrogen-bond donors (Lipinski definition) is 2. The lowest BCUT2D eigenvalue weighted by atomic mass is 9.95. The zero-order valence-electron chi connectivity index (χ0n) is 11.8. The number of piperidine rings is 1. The molecule has 114 valence electrons. The van der Waals surface area contributed by atoms with E-state index in [-0.39, 0.29) is 17.7 Å². The van der Waals surface area contributed by atoms with Crippen molar-refractivity contribution < 1.29 is 14.7 Å². The molecule has 6 nitrogen and oxygen atoms in total. The summed E-state index contributed by atoms with van der Waals surface area (Å²) in [7, 11) is 1.54. The molecular weight excluding hydrogens is 338 g/mol. The average Bonchev–Trinajstić information content (AvgIpc) is 2.53. The van der Waals surface area contributed by atoms with Crippen LogP contribution in [0.3, 0.4) is 0 Å². The second-order valence-electron chi connectivity index (χ2n) is 4.94. The number of carbonyl (C=O) groups excluding carboxylic acids is 1. The van der Waals surface area contributed by atoms with Gasteiger partial charge in [-0.25, -0.2) is 0 Å². The third-order valence-electron chi connectivity index (χ3n) is 3.71. The maximum absolute atomic E-state index is 12.6. The minimum Gasteiger partial charge on any atom is -0.496 e. The van der Waals surface area contributed by atoms with Crippen LogP contribution in [0.15, 0.2) is 27.8 Å². The Hall–Kier alpha value is -1.76. The summed E-state index contributed by atoms with van der Waals surface area (Å²) in [4.78, 5) is 14.3. The first-order chi connectivity index (χ1) is 10.1. The van der Waals surface area contributed by atoms with Gasteiger partial charge in [0.25, 0.3) is 5.91 Å². The summed E-state index contributed by atoms with van der Waals surface area (Å²) in [5, 5.41) is 11.7. The van der Waals surface area contributed by atoms with Crippen LogP contribution >= 0.6 is 15.9 Å². The van der Waals surface area contributed by atoms with Gasteiger partial charge in [0.1, 0.15) is 11.6 Å². The van der Waals surface area contributed by atoms with E-state index in [2.05, 4.69) is 21.1 Å². The van der Waals surface area contributed by atoms with E-state index < -0.39 is 0 Å². The fourth-order valence-corrected chi connectivity index (χ4v) is 2.81. The van der Waals surface area contributed by atoms with Gasteiger partial charge in [0.05, 0.1) is 12.7 Å². The summed E-state index contributed by atoms with van der Waals surface area (Å²) in [5.41, 5.74) is 6.16. The predicted octanol–water partition coefficient (Wildman–Crippen LogP) is 2.06. The molecule has 3 N–H and O–H groups in total. The van der Waals surface area contributed by atoms with E-state index in [1.54, 1.807) is 24.1 Å². The van der Waals surface area contributed by atoms with Gasteiger partial charge in [0.15, 0.2) is 0 Å². The van der Waals surface area contributed by atoms with E-state index in [1.807, 2.05) is 6.07 Å². The molecule has 7 heteroatoms. The fraction of sp³-hybridized carbons (Fsp3) is 0.429. The van der Waals surface area contributed by atoms with Crippen molar-refractivity contribution in [1.82, 2.24) is 4.90 Å². The molecule has 1 amide bonds. The van der Waals surface area contributed by atoms with Crippen molar-refractivity contribution in [2.45, 2.75) is 12.8 Å². The standard InChI is InChI=1S/C14H18BrN3O3/c1-21-12-8-10(15)2-3-11(12)14(19)18-6-4-9(5-7-18)13(16)17-20/h2-3,8-9,20H,4-7H2,1H3,(H2,16,17). The van der Waals surface area contributed by atoms with Crippen LogP contribution < -0.4 is 10.5 Å². The van der Waals surface area contributed by atoms with Crippen LogP contribution in [0.2, 0.25) is 0 Å². The molecule has 1 fully saturated rings. The Kier molecular flexibility index (Phi) is 5.06. The molecule has 1 saturated heterocycles. The van der Waals surface area contributed by atoms with E-state index >= 15 is 0 Å². The van der Waals surface area contributed by atoms with E-state index in [9.17, 15) is 4.79 Å². The summed E-state index contributed by atoms with van der Waals surface area (Å²) in [6, 6.07) is 5.34. The van der Waals surface area contributed by atoms with E-state index in [4.69, 9.17) is 15.7 Å². The highest BCUT2D eigenvalue weighted by atomic mass is 79.9. The molecule has 1 aromatic rings. The minimum absolute atomic E-state index is 0.0332. The number of nitrogens with two attached hydrogens (primary N) is 1. The van der Waals surface area contributed by atoms with E-state index in [0.717, 1.165) is 4.47 Å². The second-order valence-corrected chi connectivity index (χ2v) is 5.85. The Morgan fingerprint density at radius 3 is 2.71 bits per heavy atom. The van der Waals surface area contributed by atoms with Gasteiger partial charge in [-0.15, -0.1) is 0 Å². The number of ether oxygens (including phenoxy) is 1. The van der Waals surface area contributed by atoms with Crippen molar-refractivity contribution in [3.63, 3.8) is 0 Å². The number of halogens is 1. The molecule has 0 atom stereocenters. The Labute approximate surface area is 131 Å². The van der Waals surface area contributed by atoms with E-state index in [0.29, 0.717) is 37.2 Å². The van der Waals surface area contributed by atoms with Gasteiger partial charge in [-0.2, -0.15) is 0 Å². The van der Waals surface area contributed by atoms with Crippen LogP contribution in [0, 0.1) is 5.92 Å². The topological polar surface area (TPSA) is 88.2 Å². The lowest BCUT2D eigenvalue weighted by Crippen LogP contribution is -2.41. The van der Waals surface area contributed by atoms with Gasteiger partial charge >= 0.3 is 0 Å². The fourth-order valence-electron chi connectivity index (χ4n) is 2.47. The number of amidine groups is 1.